The van der Waals surface area contributed by atoms with E-state index in [1.165, 1.54) is 4.90 Å². The second-order valence-corrected chi connectivity index (χ2v) is 13.4. The molecule has 1 aromatic carbocycles. The van der Waals surface area contributed by atoms with Crippen LogP contribution in [0.15, 0.2) is 30.0 Å². The highest BCUT2D eigenvalue weighted by Crippen LogP contribution is 2.52. The van der Waals surface area contributed by atoms with E-state index in [0.29, 0.717) is 11.4 Å². The highest BCUT2D eigenvalue weighted by molar-refractivity contribution is 7.85. The smallest absolute Gasteiger partial charge is 0.305 e. The van der Waals surface area contributed by atoms with Crippen LogP contribution in [0.2, 0.25) is 5.02 Å². The third kappa shape index (κ3) is 7.33. The number of rotatable bonds is 10. The van der Waals surface area contributed by atoms with Crippen LogP contribution in [0.4, 0.5) is 0 Å². The van der Waals surface area contributed by atoms with Gasteiger partial charge in [-0.15, -0.1) is 0 Å². The molecule has 1 aliphatic heterocycles. The summed E-state index contributed by atoms with van der Waals surface area (Å²) >= 11 is 6.76. The summed E-state index contributed by atoms with van der Waals surface area (Å²) in [7, 11) is -3.55. The van der Waals surface area contributed by atoms with Crippen molar-refractivity contribution >= 4 is 33.6 Å². The summed E-state index contributed by atoms with van der Waals surface area (Å²) in [6.45, 7) is 6.76. The number of nitrogens with zero attached hydrogens (tertiary/aromatic N) is 1. The van der Waals surface area contributed by atoms with Gasteiger partial charge in [0.1, 0.15) is 0 Å². The van der Waals surface area contributed by atoms with Crippen LogP contribution in [0.5, 0.6) is 0 Å². The van der Waals surface area contributed by atoms with Crippen molar-refractivity contribution in [3.63, 3.8) is 0 Å². The zero-order valence-corrected chi connectivity index (χ0v) is 23.3. The SMILES string of the molecule is CC(C)(C)CCc1ccc(C23CCCC(CCOS(C)(=O)=O)C2=CN(CCC(=O)O)C(=O)C3)cc1Cl. The summed E-state index contributed by atoms with van der Waals surface area (Å²) < 4.78 is 28.0. The minimum atomic E-state index is -3.55. The van der Waals surface area contributed by atoms with Crippen molar-refractivity contribution in [1.82, 2.24) is 4.90 Å². The van der Waals surface area contributed by atoms with Crippen molar-refractivity contribution in [1.29, 1.82) is 0 Å². The van der Waals surface area contributed by atoms with E-state index in [2.05, 4.69) is 32.9 Å². The molecule has 0 saturated heterocycles. The van der Waals surface area contributed by atoms with E-state index in [0.717, 1.165) is 55.1 Å². The summed E-state index contributed by atoms with van der Waals surface area (Å²) in [6.07, 6.45) is 7.82. The summed E-state index contributed by atoms with van der Waals surface area (Å²) in [5.74, 6) is -1.06. The molecule has 0 aromatic heterocycles. The van der Waals surface area contributed by atoms with Gasteiger partial charge in [-0.25, -0.2) is 0 Å². The highest BCUT2D eigenvalue weighted by atomic mass is 35.5. The maximum absolute atomic E-state index is 13.2. The van der Waals surface area contributed by atoms with Crippen LogP contribution in [0, 0.1) is 11.3 Å². The van der Waals surface area contributed by atoms with E-state index in [4.69, 9.17) is 20.9 Å². The molecule has 7 nitrogen and oxygen atoms in total. The Kier molecular flexibility index (Phi) is 8.95. The number of carbonyl (C=O) groups excluding carboxylic acids is 1. The zero-order chi connectivity index (χ0) is 26.7. The number of carboxylic acid groups (broad SMARTS) is 1. The summed E-state index contributed by atoms with van der Waals surface area (Å²) in [4.78, 5) is 25.9. The third-order valence-corrected chi connectivity index (χ3v) is 8.24. The molecule has 1 fully saturated rings. The Labute approximate surface area is 220 Å². The number of carboxylic acids is 1. The number of hydrogen-bond acceptors (Lipinski definition) is 5. The molecule has 0 bridgehead atoms. The Bertz CT molecular complexity index is 1120. The normalized spacial score (nSPS) is 22.8. The molecule has 2 unspecified atom stereocenters. The molecule has 1 amide bonds. The van der Waals surface area contributed by atoms with Crippen LogP contribution in [0.1, 0.15) is 76.8 Å². The van der Waals surface area contributed by atoms with E-state index < -0.39 is 21.5 Å². The third-order valence-electron chi connectivity index (χ3n) is 7.30. The molecule has 3 rings (SSSR count). The van der Waals surface area contributed by atoms with Gasteiger partial charge in [0.05, 0.1) is 19.3 Å². The Hall–Kier alpha value is -1.90. The first-order chi connectivity index (χ1) is 16.7. The van der Waals surface area contributed by atoms with Gasteiger partial charge in [-0.3, -0.25) is 13.8 Å². The van der Waals surface area contributed by atoms with E-state index in [1.54, 1.807) is 0 Å². The number of aryl methyl sites for hydroxylation is 1. The number of fused-ring (bicyclic) bond motifs is 1. The summed E-state index contributed by atoms with van der Waals surface area (Å²) in [5, 5.41) is 9.83. The van der Waals surface area contributed by atoms with E-state index in [9.17, 15) is 18.0 Å². The first kappa shape index (κ1) is 28.7. The Morgan fingerprint density at radius 2 is 2.03 bits per heavy atom. The van der Waals surface area contributed by atoms with Gasteiger partial charge in [-0.05, 0) is 66.2 Å². The Balaban J connectivity index is 1.97. The van der Waals surface area contributed by atoms with Crippen LogP contribution >= 0.6 is 11.6 Å². The summed E-state index contributed by atoms with van der Waals surface area (Å²) in [5.41, 5.74) is 2.75. The number of aliphatic carboxylic acids is 1. The average molecular weight is 540 g/mol. The first-order valence-electron chi connectivity index (χ1n) is 12.6. The molecule has 0 radical (unpaired) electrons. The van der Waals surface area contributed by atoms with Gasteiger partial charge in [0, 0.05) is 29.6 Å². The molecule has 36 heavy (non-hydrogen) atoms. The van der Waals surface area contributed by atoms with Crippen LogP contribution in [-0.2, 0) is 35.7 Å². The van der Waals surface area contributed by atoms with Gasteiger partial charge >= 0.3 is 5.97 Å². The fraction of sp³-hybridized carbons (Fsp3) is 0.630. The predicted octanol–water partition coefficient (Wildman–Crippen LogP) is 5.31. The molecule has 2 atom stereocenters. The van der Waals surface area contributed by atoms with E-state index in [1.807, 2.05) is 12.3 Å². The first-order valence-corrected chi connectivity index (χ1v) is 14.8. The van der Waals surface area contributed by atoms with Crippen molar-refractivity contribution in [3.05, 3.63) is 46.1 Å². The molecular formula is C27H38ClNO6S. The van der Waals surface area contributed by atoms with Crippen molar-refractivity contribution in [2.75, 3.05) is 19.4 Å². The fourth-order valence-electron chi connectivity index (χ4n) is 5.38. The monoisotopic (exact) mass is 539 g/mol. The maximum Gasteiger partial charge on any atom is 0.305 e. The standard InChI is InChI=1S/C27H38ClNO6S/c1-26(2,3)13-9-20-7-8-21(16-23(20)28)27-12-5-6-19(11-15-35-36(4,33)34)22(27)18-29(24(30)17-27)14-10-25(31)32/h7-8,16,18-19H,5-6,9-15,17H2,1-4H3,(H,31,32). The molecule has 9 heteroatoms. The van der Waals surface area contributed by atoms with Gasteiger partial charge in [-0.2, -0.15) is 8.42 Å². The zero-order valence-electron chi connectivity index (χ0n) is 21.7. The predicted molar refractivity (Wildman–Crippen MR) is 140 cm³/mol. The molecule has 1 aliphatic carbocycles. The van der Waals surface area contributed by atoms with Crippen molar-refractivity contribution in [2.45, 2.75) is 77.6 Å². The second-order valence-electron chi connectivity index (χ2n) is 11.3. The molecule has 0 spiro atoms. The van der Waals surface area contributed by atoms with Crippen LogP contribution in [0.25, 0.3) is 0 Å². The maximum atomic E-state index is 13.2. The van der Waals surface area contributed by atoms with Gasteiger partial charge in [0.15, 0.2) is 0 Å². The number of hydrogen-bond donors (Lipinski definition) is 1. The lowest BCUT2D eigenvalue weighted by atomic mass is 9.59. The van der Waals surface area contributed by atoms with Crippen molar-refractivity contribution < 1.29 is 27.3 Å². The average Bonchev–Trinajstić information content (AvgIpc) is 2.75. The number of benzene rings is 1. The number of amides is 1. The van der Waals surface area contributed by atoms with Crippen LogP contribution < -0.4 is 0 Å². The summed E-state index contributed by atoms with van der Waals surface area (Å²) in [6, 6.07) is 6.13. The quantitative estimate of drug-likeness (QED) is 0.404. The second kappa shape index (κ2) is 11.2. The lowest BCUT2D eigenvalue weighted by Gasteiger charge is -2.48. The highest BCUT2D eigenvalue weighted by Gasteiger charge is 2.47. The fourth-order valence-corrected chi connectivity index (χ4v) is 6.05. The van der Waals surface area contributed by atoms with E-state index in [-0.39, 0.29) is 43.2 Å². The minimum absolute atomic E-state index is 0.0141. The molecule has 1 aromatic rings. The van der Waals surface area contributed by atoms with Gasteiger partial charge < -0.3 is 10.0 Å². The largest absolute Gasteiger partial charge is 0.481 e. The minimum Gasteiger partial charge on any atom is -0.481 e. The lowest BCUT2D eigenvalue weighted by molar-refractivity contribution is -0.138. The molecule has 1 saturated carbocycles. The van der Waals surface area contributed by atoms with Gasteiger partial charge in [0.2, 0.25) is 5.91 Å². The Morgan fingerprint density at radius 1 is 1.31 bits per heavy atom. The molecule has 200 valence electrons. The molecule has 1 N–H and O–H groups in total. The van der Waals surface area contributed by atoms with Crippen molar-refractivity contribution in [2.24, 2.45) is 11.3 Å². The van der Waals surface area contributed by atoms with Gasteiger partial charge in [0.25, 0.3) is 10.1 Å². The Morgan fingerprint density at radius 3 is 2.64 bits per heavy atom. The molecule has 2 aliphatic rings. The topological polar surface area (TPSA) is 101 Å². The molecule has 1 heterocycles. The van der Waals surface area contributed by atoms with Gasteiger partial charge in [-0.1, -0.05) is 50.9 Å². The number of allylic oxidation sites excluding steroid dienone is 1. The molecular weight excluding hydrogens is 502 g/mol. The van der Waals surface area contributed by atoms with Crippen LogP contribution in [-0.4, -0.2) is 49.7 Å². The van der Waals surface area contributed by atoms with Crippen molar-refractivity contribution in [3.8, 4) is 0 Å². The number of halogens is 1. The lowest BCUT2D eigenvalue weighted by Crippen LogP contribution is -2.47. The number of carbonyl (C=O) groups is 2. The van der Waals surface area contributed by atoms with E-state index >= 15 is 0 Å². The van der Waals surface area contributed by atoms with Crippen LogP contribution in [0.3, 0.4) is 0 Å².